The lowest BCUT2D eigenvalue weighted by molar-refractivity contribution is -0.139. The van der Waals surface area contributed by atoms with Crippen molar-refractivity contribution in [3.05, 3.63) is 17.6 Å². The summed E-state index contributed by atoms with van der Waals surface area (Å²) in [6.45, 7) is 7.56. The molecule has 1 unspecified atom stereocenters. The number of esters is 1. The van der Waals surface area contributed by atoms with Crippen molar-refractivity contribution in [1.82, 2.24) is 9.97 Å². The smallest absolute Gasteiger partial charge is 0.324 e. The van der Waals surface area contributed by atoms with Gasteiger partial charge < -0.3 is 4.74 Å². The Morgan fingerprint density at radius 2 is 1.89 bits per heavy atom. The lowest BCUT2D eigenvalue weighted by Gasteiger charge is -2.23. The fourth-order valence-corrected chi connectivity index (χ4v) is 1.89. The topological polar surface area (TPSA) is 69.2 Å². The van der Waals surface area contributed by atoms with Crippen molar-refractivity contribution in [2.75, 3.05) is 0 Å². The first-order valence-corrected chi connectivity index (χ1v) is 6.04. The van der Waals surface area contributed by atoms with Gasteiger partial charge in [0, 0.05) is 0 Å². The molecule has 0 radical (unpaired) electrons. The minimum atomic E-state index is -0.769. The maximum atomic E-state index is 12.2. The van der Waals surface area contributed by atoms with E-state index >= 15 is 0 Å². The van der Waals surface area contributed by atoms with Crippen LogP contribution in [0.3, 0.4) is 0 Å². The number of carbonyl (C=O) groups excluding carboxylic acids is 2. The molecule has 0 aromatic carbocycles. The summed E-state index contributed by atoms with van der Waals surface area (Å²) in [4.78, 5) is 32.2. The highest BCUT2D eigenvalue weighted by molar-refractivity contribution is 6.12. The van der Waals surface area contributed by atoms with Crippen molar-refractivity contribution in [1.29, 1.82) is 0 Å². The summed E-state index contributed by atoms with van der Waals surface area (Å²) in [5.41, 5.74) is 0.905. The van der Waals surface area contributed by atoms with Gasteiger partial charge in [-0.3, -0.25) is 9.59 Å². The van der Waals surface area contributed by atoms with Gasteiger partial charge in [-0.25, -0.2) is 9.97 Å². The van der Waals surface area contributed by atoms with E-state index in [1.54, 1.807) is 6.20 Å². The first kappa shape index (κ1) is 12.7. The van der Waals surface area contributed by atoms with Crippen molar-refractivity contribution < 1.29 is 14.3 Å². The predicted octanol–water partition coefficient (Wildman–Crippen LogP) is 1.97. The zero-order valence-corrected chi connectivity index (χ0v) is 10.9. The maximum absolute atomic E-state index is 12.2. The minimum absolute atomic E-state index is 0.0336. The van der Waals surface area contributed by atoms with Crippen LogP contribution < -0.4 is 4.74 Å². The molecule has 1 aliphatic rings. The van der Waals surface area contributed by atoms with Crippen LogP contribution in [0.5, 0.6) is 5.88 Å². The van der Waals surface area contributed by atoms with Crippen molar-refractivity contribution in [3.8, 4) is 5.88 Å². The highest BCUT2D eigenvalue weighted by atomic mass is 16.5. The van der Waals surface area contributed by atoms with Gasteiger partial charge in [0.25, 0.3) is 5.88 Å². The summed E-state index contributed by atoms with van der Waals surface area (Å²) in [6, 6.07) is 0. The van der Waals surface area contributed by atoms with Gasteiger partial charge in [0.15, 0.2) is 5.69 Å². The highest BCUT2D eigenvalue weighted by Crippen LogP contribution is 2.29. The largest absolute Gasteiger partial charge is 0.404 e. The fraction of sp³-hybridized carbons (Fsp3) is 0.538. The van der Waals surface area contributed by atoms with Gasteiger partial charge in [-0.2, -0.15) is 0 Å². The van der Waals surface area contributed by atoms with Crippen LogP contribution in [-0.4, -0.2) is 21.7 Å². The van der Waals surface area contributed by atoms with E-state index in [1.807, 2.05) is 27.7 Å². The molecule has 0 bridgehead atoms. The van der Waals surface area contributed by atoms with E-state index in [0.29, 0.717) is 0 Å². The summed E-state index contributed by atoms with van der Waals surface area (Å²) >= 11 is 0. The molecule has 0 spiro atoms. The van der Waals surface area contributed by atoms with Crippen molar-refractivity contribution >= 4 is 11.8 Å². The minimum Gasteiger partial charge on any atom is -0.404 e. The second kappa shape index (κ2) is 4.48. The second-order valence-electron chi connectivity index (χ2n) is 5.11. The quantitative estimate of drug-likeness (QED) is 0.591. The fourth-order valence-electron chi connectivity index (χ4n) is 1.89. The average molecular weight is 248 g/mol. The van der Waals surface area contributed by atoms with Crippen molar-refractivity contribution in [2.45, 2.75) is 33.6 Å². The molecule has 0 saturated carbocycles. The summed E-state index contributed by atoms with van der Waals surface area (Å²) in [5.74, 6) is -1.49. The number of rotatable bonds is 2. The molecule has 0 aliphatic carbocycles. The van der Waals surface area contributed by atoms with Crippen LogP contribution in [0.4, 0.5) is 0 Å². The van der Waals surface area contributed by atoms with E-state index < -0.39 is 11.9 Å². The molecular weight excluding hydrogens is 232 g/mol. The van der Waals surface area contributed by atoms with Crippen LogP contribution >= 0.6 is 0 Å². The van der Waals surface area contributed by atoms with Crippen LogP contribution in [-0.2, 0) is 4.79 Å². The van der Waals surface area contributed by atoms with E-state index in [2.05, 4.69) is 9.97 Å². The molecule has 5 heteroatoms. The van der Waals surface area contributed by atoms with Gasteiger partial charge in [-0.05, 0) is 11.8 Å². The maximum Gasteiger partial charge on any atom is 0.324 e. The highest BCUT2D eigenvalue weighted by Gasteiger charge is 2.40. The molecule has 0 saturated heterocycles. The number of hydrogen-bond acceptors (Lipinski definition) is 5. The molecule has 18 heavy (non-hydrogen) atoms. The third-order valence-corrected chi connectivity index (χ3v) is 2.98. The Balaban J connectivity index is 2.48. The second-order valence-corrected chi connectivity index (χ2v) is 5.11. The zero-order valence-electron chi connectivity index (χ0n) is 10.9. The number of fused-ring (bicyclic) bond motifs is 1. The first-order valence-electron chi connectivity index (χ1n) is 6.04. The van der Waals surface area contributed by atoms with Crippen molar-refractivity contribution in [3.63, 3.8) is 0 Å². The van der Waals surface area contributed by atoms with Gasteiger partial charge in [0.2, 0.25) is 5.78 Å². The number of aromatic nitrogens is 2. The molecule has 96 valence electrons. The molecule has 5 nitrogen and oxygen atoms in total. The molecule has 2 rings (SSSR count). The molecular formula is C13H16N2O3. The zero-order chi connectivity index (χ0) is 13.4. The number of carbonyl (C=O) groups is 2. The van der Waals surface area contributed by atoms with E-state index in [-0.39, 0.29) is 29.2 Å². The van der Waals surface area contributed by atoms with Gasteiger partial charge in [-0.1, -0.05) is 27.7 Å². The third-order valence-electron chi connectivity index (χ3n) is 2.98. The van der Waals surface area contributed by atoms with Crippen LogP contribution in [0.2, 0.25) is 0 Å². The molecule has 0 amide bonds. The molecule has 2 heterocycles. The Labute approximate surface area is 106 Å². The van der Waals surface area contributed by atoms with Gasteiger partial charge in [-0.15, -0.1) is 0 Å². The predicted molar refractivity (Wildman–Crippen MR) is 64.4 cm³/mol. The molecule has 1 atom stereocenters. The number of ether oxygens (including phenoxy) is 1. The Bertz CT molecular complexity index is 509. The first-order chi connectivity index (χ1) is 8.41. The number of nitrogens with zero attached hydrogens (tertiary/aromatic N) is 2. The molecule has 1 aromatic heterocycles. The standard InChI is InChI=1S/C13H16N2O3/c1-6(2)8-5-14-12-10(15-8)11(16)9(7(3)4)13(17)18-12/h5-7,9H,1-4H3. The van der Waals surface area contributed by atoms with E-state index in [1.165, 1.54) is 0 Å². The van der Waals surface area contributed by atoms with Crippen molar-refractivity contribution in [2.24, 2.45) is 11.8 Å². The van der Waals surface area contributed by atoms with E-state index in [0.717, 1.165) is 5.69 Å². The summed E-state index contributed by atoms with van der Waals surface area (Å²) < 4.78 is 5.08. The van der Waals surface area contributed by atoms with Crippen LogP contribution in [0.25, 0.3) is 0 Å². The lowest BCUT2D eigenvalue weighted by Crippen LogP contribution is -2.38. The normalized spacial score (nSPS) is 19.1. The summed E-state index contributed by atoms with van der Waals surface area (Å²) in [6.07, 6.45) is 1.54. The Morgan fingerprint density at radius 1 is 1.22 bits per heavy atom. The molecule has 0 fully saturated rings. The van der Waals surface area contributed by atoms with Crippen LogP contribution in [0.15, 0.2) is 6.20 Å². The third kappa shape index (κ3) is 2.00. The number of Topliss-reactive ketones (excluding diaryl/α,β-unsaturated/α-hetero) is 1. The number of ketones is 1. The van der Waals surface area contributed by atoms with Crippen LogP contribution in [0.1, 0.15) is 49.8 Å². The average Bonchev–Trinajstić information content (AvgIpc) is 2.27. The van der Waals surface area contributed by atoms with E-state index in [9.17, 15) is 9.59 Å². The molecule has 1 aliphatic heterocycles. The van der Waals surface area contributed by atoms with Crippen LogP contribution in [0, 0.1) is 11.8 Å². The Kier molecular flexibility index (Phi) is 3.15. The Morgan fingerprint density at radius 3 is 2.44 bits per heavy atom. The van der Waals surface area contributed by atoms with Gasteiger partial charge >= 0.3 is 5.97 Å². The van der Waals surface area contributed by atoms with Gasteiger partial charge in [0.1, 0.15) is 5.92 Å². The molecule has 1 aromatic rings. The summed E-state index contributed by atoms with van der Waals surface area (Å²) in [5, 5.41) is 0. The molecule has 0 N–H and O–H groups in total. The monoisotopic (exact) mass is 248 g/mol. The van der Waals surface area contributed by atoms with Gasteiger partial charge in [0.05, 0.1) is 11.9 Å². The summed E-state index contributed by atoms with van der Waals surface area (Å²) in [7, 11) is 0. The lowest BCUT2D eigenvalue weighted by atomic mass is 9.88. The number of hydrogen-bond donors (Lipinski definition) is 0. The van der Waals surface area contributed by atoms with E-state index in [4.69, 9.17) is 4.74 Å². The SMILES string of the molecule is CC(C)c1cnc2c(n1)C(=O)C(C(C)C)C(=O)O2. The Hall–Kier alpha value is -1.78.